The van der Waals surface area contributed by atoms with E-state index in [1.54, 1.807) is 18.2 Å². The predicted octanol–water partition coefficient (Wildman–Crippen LogP) is 9.49. The molecule has 0 fully saturated rings. The average molecular weight is 617 g/mol. The first-order valence-corrected chi connectivity index (χ1v) is 18.2. The third-order valence-corrected chi connectivity index (χ3v) is 9.90. The first-order valence-electron chi connectivity index (χ1n) is 16.7. The molecule has 2 rings (SSSR count). The summed E-state index contributed by atoms with van der Waals surface area (Å²) in [6.45, 7) is 3.17. The van der Waals surface area contributed by atoms with Crippen LogP contribution in [0.5, 0.6) is 11.5 Å². The number of sulfone groups is 1. The Morgan fingerprint density at radius 3 is 1.58 bits per heavy atom. The maximum Gasteiger partial charge on any atom is 0.308 e. The Balaban J connectivity index is 1.58. The fourth-order valence-electron chi connectivity index (χ4n) is 5.60. The molecule has 0 aromatic heterocycles. The highest BCUT2D eigenvalue weighted by Gasteiger charge is 2.25. The van der Waals surface area contributed by atoms with E-state index in [-0.39, 0.29) is 27.4 Å². The quantitative estimate of drug-likeness (QED) is 0.0692. The number of aliphatic hydroxyl groups is 1. The lowest BCUT2D eigenvalue weighted by molar-refractivity contribution is -0.131. The molecule has 0 aliphatic heterocycles. The number of ether oxygens (including phenoxy) is 1. The summed E-state index contributed by atoms with van der Waals surface area (Å²) >= 11 is 0. The number of phenolic OH excluding ortho intramolecular Hbond substituents is 1. The molecule has 1 unspecified atom stereocenters. The third-order valence-electron chi connectivity index (χ3n) is 8.10. The van der Waals surface area contributed by atoms with Crippen LogP contribution in [0.15, 0.2) is 52.3 Å². The summed E-state index contributed by atoms with van der Waals surface area (Å²) in [6.07, 6.45) is 23.5. The lowest BCUT2D eigenvalue weighted by atomic mass is 10.0. The van der Waals surface area contributed by atoms with Crippen molar-refractivity contribution in [2.45, 2.75) is 158 Å². The molecule has 0 bridgehead atoms. The fraction of sp³-hybridized carbons (Fsp3) is 0.639. The van der Waals surface area contributed by atoms with E-state index in [1.807, 2.05) is 6.92 Å². The Kier molecular flexibility index (Phi) is 18.3. The van der Waals surface area contributed by atoms with Crippen molar-refractivity contribution in [3.05, 3.63) is 48.0 Å². The zero-order chi connectivity index (χ0) is 31.3. The normalized spacial score (nSPS) is 12.3. The zero-order valence-electron chi connectivity index (χ0n) is 26.7. The van der Waals surface area contributed by atoms with Gasteiger partial charge in [0.25, 0.3) is 0 Å². The van der Waals surface area contributed by atoms with E-state index in [0.29, 0.717) is 12.0 Å². The molecule has 0 spiro atoms. The summed E-state index contributed by atoms with van der Waals surface area (Å²) in [4.78, 5) is 11.6. The molecule has 6 nitrogen and oxygen atoms in total. The molecule has 0 heterocycles. The number of esters is 1. The second-order valence-corrected chi connectivity index (χ2v) is 14.0. The molecule has 242 valence electrons. The maximum absolute atomic E-state index is 13.1. The van der Waals surface area contributed by atoms with Crippen LogP contribution >= 0.6 is 0 Å². The number of aliphatic hydroxyl groups excluding tert-OH is 1. The minimum atomic E-state index is -3.90. The Bertz CT molecular complexity index is 1140. The Morgan fingerprint density at radius 2 is 1.14 bits per heavy atom. The van der Waals surface area contributed by atoms with Crippen LogP contribution in [-0.2, 0) is 21.1 Å². The monoisotopic (exact) mass is 616 g/mol. The van der Waals surface area contributed by atoms with Gasteiger partial charge < -0.3 is 14.9 Å². The SMILES string of the molecule is CC(=O)Oc1ccc(S(=O)(=O)c2ccccc2)c(O)c1CCCCCCCCCCCCCCCCCCCCC(C)O. The topological polar surface area (TPSA) is 101 Å². The second-order valence-electron chi connectivity index (χ2n) is 12.1. The minimum Gasteiger partial charge on any atom is -0.506 e. The highest BCUT2D eigenvalue weighted by atomic mass is 32.2. The van der Waals surface area contributed by atoms with Crippen LogP contribution < -0.4 is 4.74 Å². The van der Waals surface area contributed by atoms with E-state index in [1.165, 1.54) is 121 Å². The predicted molar refractivity (Wildman–Crippen MR) is 174 cm³/mol. The number of hydrogen-bond acceptors (Lipinski definition) is 6. The highest BCUT2D eigenvalue weighted by molar-refractivity contribution is 7.91. The number of phenols is 1. The van der Waals surface area contributed by atoms with Gasteiger partial charge in [-0.3, -0.25) is 4.79 Å². The molecule has 0 saturated heterocycles. The molecule has 0 aliphatic rings. The molecule has 0 amide bonds. The van der Waals surface area contributed by atoms with Crippen LogP contribution in [0.2, 0.25) is 0 Å². The lowest BCUT2D eigenvalue weighted by Crippen LogP contribution is -2.08. The van der Waals surface area contributed by atoms with Crippen molar-refractivity contribution in [3.63, 3.8) is 0 Å². The number of carbonyl (C=O) groups excluding carboxylic acids is 1. The summed E-state index contributed by atoms with van der Waals surface area (Å²) in [6, 6.07) is 10.8. The molecular weight excluding hydrogens is 560 g/mol. The van der Waals surface area contributed by atoms with E-state index in [4.69, 9.17) is 4.74 Å². The molecule has 43 heavy (non-hydrogen) atoms. The number of hydrogen-bond donors (Lipinski definition) is 2. The van der Waals surface area contributed by atoms with Gasteiger partial charge in [0.2, 0.25) is 9.84 Å². The highest BCUT2D eigenvalue weighted by Crippen LogP contribution is 2.38. The first-order chi connectivity index (χ1) is 20.7. The average Bonchev–Trinajstić information content (AvgIpc) is 2.97. The van der Waals surface area contributed by atoms with Gasteiger partial charge >= 0.3 is 5.97 Å². The van der Waals surface area contributed by atoms with Crippen LogP contribution in [0.4, 0.5) is 0 Å². The molecule has 2 N–H and O–H groups in total. The molecule has 7 heteroatoms. The van der Waals surface area contributed by atoms with Crippen LogP contribution in [-0.4, -0.2) is 30.7 Å². The van der Waals surface area contributed by atoms with E-state index < -0.39 is 15.8 Å². The molecule has 2 aromatic carbocycles. The zero-order valence-corrected chi connectivity index (χ0v) is 27.5. The van der Waals surface area contributed by atoms with Crippen molar-refractivity contribution in [2.75, 3.05) is 0 Å². The van der Waals surface area contributed by atoms with E-state index >= 15 is 0 Å². The van der Waals surface area contributed by atoms with E-state index in [9.17, 15) is 23.4 Å². The Hall–Kier alpha value is -2.38. The molecule has 1 atom stereocenters. The number of unbranched alkanes of at least 4 members (excludes halogenated alkanes) is 17. The largest absolute Gasteiger partial charge is 0.506 e. The summed E-state index contributed by atoms with van der Waals surface area (Å²) in [7, 11) is -3.90. The standard InChI is InChI=1S/C36H56O6S/c1-30(37)24-20-17-15-13-11-9-7-5-3-4-6-8-10-12-14-16-18-23-27-33-34(42-31(2)38)28-29-35(36(33)39)43(40,41)32-25-21-19-22-26-32/h19,21-22,25-26,28-30,37,39H,3-18,20,23-24,27H2,1-2H3. The van der Waals surface area contributed by atoms with Crippen molar-refractivity contribution >= 4 is 15.8 Å². The first kappa shape index (κ1) is 36.8. The summed E-state index contributed by atoms with van der Waals surface area (Å²) in [5.41, 5.74) is 0.371. The lowest BCUT2D eigenvalue weighted by Gasteiger charge is -2.15. The summed E-state index contributed by atoms with van der Waals surface area (Å²) < 4.78 is 31.6. The van der Waals surface area contributed by atoms with Crippen LogP contribution in [0, 0.1) is 0 Å². The minimum absolute atomic E-state index is 0.110. The number of aromatic hydroxyl groups is 1. The fourth-order valence-corrected chi connectivity index (χ4v) is 7.00. The number of benzene rings is 2. The van der Waals surface area contributed by atoms with Crippen molar-refractivity contribution in [1.82, 2.24) is 0 Å². The van der Waals surface area contributed by atoms with Gasteiger partial charge in [-0.05, 0) is 50.5 Å². The van der Waals surface area contributed by atoms with Crippen LogP contribution in [0.25, 0.3) is 0 Å². The number of carbonyl (C=O) groups is 1. The van der Waals surface area contributed by atoms with Crippen molar-refractivity contribution < 1.29 is 28.2 Å². The van der Waals surface area contributed by atoms with Crippen LogP contribution in [0.3, 0.4) is 0 Å². The van der Waals surface area contributed by atoms with Crippen molar-refractivity contribution in [2.24, 2.45) is 0 Å². The molecular formula is C36H56O6S. The van der Waals surface area contributed by atoms with Gasteiger partial charge in [0.05, 0.1) is 11.0 Å². The van der Waals surface area contributed by atoms with Gasteiger partial charge in [-0.15, -0.1) is 0 Å². The molecule has 0 saturated carbocycles. The summed E-state index contributed by atoms with van der Waals surface area (Å²) in [5.74, 6) is -0.620. The summed E-state index contributed by atoms with van der Waals surface area (Å²) in [5, 5.41) is 20.2. The molecule has 0 aliphatic carbocycles. The smallest absolute Gasteiger partial charge is 0.308 e. The van der Waals surface area contributed by atoms with Gasteiger partial charge in [-0.1, -0.05) is 127 Å². The third kappa shape index (κ3) is 14.8. The van der Waals surface area contributed by atoms with Crippen LogP contribution in [0.1, 0.15) is 141 Å². The number of rotatable bonds is 24. The molecule has 2 aromatic rings. The second kappa shape index (κ2) is 21.3. The Morgan fingerprint density at radius 1 is 0.698 bits per heavy atom. The maximum atomic E-state index is 13.1. The van der Waals surface area contributed by atoms with Gasteiger partial charge in [-0.25, -0.2) is 8.42 Å². The van der Waals surface area contributed by atoms with Gasteiger partial charge in [0.15, 0.2) is 0 Å². The van der Waals surface area contributed by atoms with Gasteiger partial charge in [0, 0.05) is 12.5 Å². The van der Waals surface area contributed by atoms with Gasteiger partial charge in [0.1, 0.15) is 16.4 Å². The van der Waals surface area contributed by atoms with Gasteiger partial charge in [-0.2, -0.15) is 0 Å². The van der Waals surface area contributed by atoms with E-state index in [2.05, 4.69) is 0 Å². The van der Waals surface area contributed by atoms with Crippen molar-refractivity contribution in [1.29, 1.82) is 0 Å². The van der Waals surface area contributed by atoms with E-state index in [0.717, 1.165) is 32.1 Å². The molecule has 0 radical (unpaired) electrons. The Labute approximate surface area is 261 Å². The van der Waals surface area contributed by atoms with Crippen molar-refractivity contribution in [3.8, 4) is 11.5 Å².